The first-order valence-electron chi connectivity index (χ1n) is 6.51. The van der Waals surface area contributed by atoms with Gasteiger partial charge < -0.3 is 0 Å². The Balaban J connectivity index is 1.63. The van der Waals surface area contributed by atoms with Crippen LogP contribution in [0.25, 0.3) is 0 Å². The average molecular weight is 285 g/mol. The van der Waals surface area contributed by atoms with E-state index >= 15 is 0 Å². The molecule has 3 atom stereocenters. The minimum absolute atomic E-state index is 0.157. The third-order valence-corrected chi connectivity index (χ3v) is 4.71. The summed E-state index contributed by atoms with van der Waals surface area (Å²) in [5, 5.41) is 0. The van der Waals surface area contributed by atoms with Gasteiger partial charge >= 0.3 is 7.91 Å². The van der Waals surface area contributed by atoms with Crippen LogP contribution < -0.4 is 0 Å². The second kappa shape index (κ2) is 5.33. The number of piperidine rings is 1. The van der Waals surface area contributed by atoms with Gasteiger partial charge in [-0.2, -0.15) is 0 Å². The molecule has 0 aromatic heterocycles. The van der Waals surface area contributed by atoms with E-state index in [1.807, 2.05) is 18.2 Å². The predicted molar refractivity (Wildman–Crippen MR) is 69.4 cm³/mol. The van der Waals surface area contributed by atoms with Crippen LogP contribution in [-0.4, -0.2) is 30.7 Å². The zero-order valence-electron chi connectivity index (χ0n) is 10.6. The number of halogens is 1. The molecular formula is C13H17FNO3P. The zero-order valence-corrected chi connectivity index (χ0v) is 11.5. The third-order valence-electron chi connectivity index (χ3n) is 3.73. The van der Waals surface area contributed by atoms with Gasteiger partial charge in [0.05, 0.1) is 12.7 Å². The maximum absolute atomic E-state index is 13.3. The molecule has 19 heavy (non-hydrogen) atoms. The Hall–Kier alpha value is -0.740. The summed E-state index contributed by atoms with van der Waals surface area (Å²) in [7, 11) is -4.31. The Labute approximate surface area is 112 Å². The average Bonchev–Trinajstić information content (AvgIpc) is 2.38. The normalized spacial score (nSPS) is 35.8. The lowest BCUT2D eigenvalue weighted by atomic mass is 9.94. The van der Waals surface area contributed by atoms with Crippen LogP contribution >= 0.6 is 7.91 Å². The monoisotopic (exact) mass is 285 g/mol. The number of hydrogen-bond donors (Lipinski definition) is 0. The molecule has 2 saturated heterocycles. The van der Waals surface area contributed by atoms with Gasteiger partial charge in [0.25, 0.3) is 0 Å². The summed E-state index contributed by atoms with van der Waals surface area (Å²) in [4.78, 5) is 2.21. The predicted octanol–water partition coefficient (Wildman–Crippen LogP) is 3.00. The van der Waals surface area contributed by atoms with E-state index in [0.29, 0.717) is 6.54 Å². The van der Waals surface area contributed by atoms with Crippen LogP contribution in [0, 0.1) is 5.92 Å². The third kappa shape index (κ3) is 3.23. The van der Waals surface area contributed by atoms with Crippen molar-refractivity contribution in [3.63, 3.8) is 0 Å². The van der Waals surface area contributed by atoms with Gasteiger partial charge in [0.1, 0.15) is 0 Å². The summed E-state index contributed by atoms with van der Waals surface area (Å²) in [5.41, 5.74) is 1.22. The smallest absolute Gasteiger partial charge is 0.296 e. The Kier molecular flexibility index (Phi) is 3.72. The quantitative estimate of drug-likeness (QED) is 0.783. The number of hydrogen-bond acceptors (Lipinski definition) is 4. The van der Waals surface area contributed by atoms with Gasteiger partial charge in [-0.1, -0.05) is 30.3 Å². The number of rotatable bonds is 2. The summed E-state index contributed by atoms with van der Waals surface area (Å²) in [6, 6.07) is 10.1. The molecule has 3 rings (SSSR count). The minimum Gasteiger partial charge on any atom is -0.296 e. The number of fused-ring (bicyclic) bond motifs is 1. The highest BCUT2D eigenvalue weighted by Crippen LogP contribution is 2.55. The lowest BCUT2D eigenvalue weighted by Crippen LogP contribution is -2.47. The van der Waals surface area contributed by atoms with Crippen molar-refractivity contribution in [1.82, 2.24) is 4.90 Å². The second-order valence-electron chi connectivity index (χ2n) is 5.14. The summed E-state index contributed by atoms with van der Waals surface area (Å²) in [6.45, 7) is 2.55. The fourth-order valence-corrected chi connectivity index (χ4v) is 3.69. The van der Waals surface area contributed by atoms with Crippen LogP contribution in [0.3, 0.4) is 0 Å². The molecule has 0 bridgehead atoms. The molecule has 2 aliphatic heterocycles. The van der Waals surface area contributed by atoms with Crippen molar-refractivity contribution >= 4 is 7.91 Å². The molecule has 1 aromatic carbocycles. The van der Waals surface area contributed by atoms with Gasteiger partial charge in [-0.25, -0.2) is 4.57 Å². The summed E-state index contributed by atoms with van der Waals surface area (Å²) >= 11 is 0. The van der Waals surface area contributed by atoms with Crippen LogP contribution in [0.5, 0.6) is 0 Å². The Bertz CT molecular complexity index is 484. The number of likely N-dealkylation sites (tertiary alicyclic amines) is 1. The molecule has 1 aromatic rings. The summed E-state index contributed by atoms with van der Waals surface area (Å²) < 4.78 is 34.1. The first kappa shape index (κ1) is 13.3. The standard InChI is InChI=1S/C13H17FNO3P/c14-19(16)17-10-12-6-7-15(9-13(12)18-19)8-11-4-2-1-3-5-11/h1-5,12-13H,6-10H2/t12?,13?,19-/m1/s1. The van der Waals surface area contributed by atoms with Crippen LogP contribution in [-0.2, 0) is 20.2 Å². The Morgan fingerprint density at radius 1 is 1.37 bits per heavy atom. The molecule has 0 spiro atoms. The van der Waals surface area contributed by atoms with E-state index in [1.54, 1.807) is 0 Å². The van der Waals surface area contributed by atoms with E-state index < -0.39 is 7.91 Å². The van der Waals surface area contributed by atoms with E-state index in [-0.39, 0.29) is 18.6 Å². The largest absolute Gasteiger partial charge is 0.513 e. The molecule has 0 N–H and O–H groups in total. The van der Waals surface area contributed by atoms with E-state index in [4.69, 9.17) is 4.52 Å². The van der Waals surface area contributed by atoms with E-state index in [0.717, 1.165) is 19.5 Å². The van der Waals surface area contributed by atoms with Crippen LogP contribution in [0.1, 0.15) is 12.0 Å². The highest BCUT2D eigenvalue weighted by atomic mass is 31.2. The van der Waals surface area contributed by atoms with Gasteiger partial charge in [0.15, 0.2) is 0 Å². The van der Waals surface area contributed by atoms with Crippen LogP contribution in [0.15, 0.2) is 30.3 Å². The number of benzene rings is 1. The van der Waals surface area contributed by atoms with E-state index in [9.17, 15) is 8.76 Å². The van der Waals surface area contributed by atoms with E-state index in [1.165, 1.54) is 5.56 Å². The van der Waals surface area contributed by atoms with Crippen molar-refractivity contribution in [3.05, 3.63) is 35.9 Å². The number of nitrogens with zero attached hydrogens (tertiary/aromatic N) is 1. The molecule has 4 nitrogen and oxygen atoms in total. The van der Waals surface area contributed by atoms with Crippen LogP contribution in [0.4, 0.5) is 4.20 Å². The van der Waals surface area contributed by atoms with Crippen molar-refractivity contribution in [2.75, 3.05) is 19.7 Å². The molecule has 0 radical (unpaired) electrons. The van der Waals surface area contributed by atoms with Crippen molar-refractivity contribution in [3.8, 4) is 0 Å². The van der Waals surface area contributed by atoms with Gasteiger partial charge in [-0.05, 0) is 18.5 Å². The highest BCUT2D eigenvalue weighted by Gasteiger charge is 2.42. The fourth-order valence-electron chi connectivity index (χ4n) is 2.70. The highest BCUT2D eigenvalue weighted by molar-refractivity contribution is 7.48. The Morgan fingerprint density at radius 3 is 2.95 bits per heavy atom. The maximum atomic E-state index is 13.3. The van der Waals surface area contributed by atoms with Crippen molar-refractivity contribution < 1.29 is 17.8 Å². The van der Waals surface area contributed by atoms with Gasteiger partial charge in [-0.3, -0.25) is 13.9 Å². The Morgan fingerprint density at radius 2 is 2.16 bits per heavy atom. The molecule has 2 fully saturated rings. The minimum atomic E-state index is -4.31. The summed E-state index contributed by atoms with van der Waals surface area (Å²) in [5.74, 6) is 0.157. The molecule has 2 aliphatic rings. The van der Waals surface area contributed by atoms with Crippen molar-refractivity contribution in [1.29, 1.82) is 0 Å². The topological polar surface area (TPSA) is 38.8 Å². The lowest BCUT2D eigenvalue weighted by molar-refractivity contribution is -0.0378. The molecule has 6 heteroatoms. The molecule has 0 amide bonds. The molecule has 0 aliphatic carbocycles. The molecule has 104 valence electrons. The molecular weight excluding hydrogens is 268 g/mol. The van der Waals surface area contributed by atoms with E-state index in [2.05, 4.69) is 21.6 Å². The van der Waals surface area contributed by atoms with Crippen LogP contribution in [0.2, 0.25) is 0 Å². The molecule has 0 saturated carbocycles. The van der Waals surface area contributed by atoms with Gasteiger partial charge in [-0.15, -0.1) is 4.20 Å². The lowest BCUT2D eigenvalue weighted by Gasteiger charge is -2.40. The first-order valence-corrected chi connectivity index (χ1v) is 7.95. The van der Waals surface area contributed by atoms with Crippen molar-refractivity contribution in [2.24, 2.45) is 5.92 Å². The zero-order chi connectivity index (χ0) is 13.3. The first-order chi connectivity index (χ1) is 9.12. The SMILES string of the molecule is O=[P@]1(F)OCC2CCN(Cc3ccccc3)CC2O1. The molecule has 2 unspecified atom stereocenters. The van der Waals surface area contributed by atoms with Crippen molar-refractivity contribution in [2.45, 2.75) is 19.1 Å². The maximum Gasteiger partial charge on any atom is 0.513 e. The second-order valence-corrected chi connectivity index (χ2v) is 6.47. The van der Waals surface area contributed by atoms with Gasteiger partial charge in [0, 0.05) is 19.0 Å². The summed E-state index contributed by atoms with van der Waals surface area (Å²) in [6.07, 6.45) is 0.569. The fraction of sp³-hybridized carbons (Fsp3) is 0.538. The molecule has 2 heterocycles. The van der Waals surface area contributed by atoms with Gasteiger partial charge in [0.2, 0.25) is 0 Å².